The molecule has 5 rings (SSSR count). The summed E-state index contributed by atoms with van der Waals surface area (Å²) in [7, 11) is 0. The maximum absolute atomic E-state index is 12.9. The minimum atomic E-state index is -1.14. The van der Waals surface area contributed by atoms with Crippen LogP contribution in [0.1, 0.15) is 21.6 Å². The Bertz CT molecular complexity index is 1570. The molecule has 0 saturated heterocycles. The van der Waals surface area contributed by atoms with Gasteiger partial charge in [0.05, 0.1) is 0 Å². The van der Waals surface area contributed by atoms with Crippen LogP contribution in [0.25, 0.3) is 16.9 Å². The molecular weight excluding hydrogens is 504 g/mol. The number of amides is 1. The van der Waals surface area contributed by atoms with Gasteiger partial charge in [-0.3, -0.25) is 9.20 Å². The highest BCUT2D eigenvalue weighted by Gasteiger charge is 2.23. The lowest BCUT2D eigenvalue weighted by Gasteiger charge is -2.14. The number of fused-ring (bicyclic) bond motifs is 1. The van der Waals surface area contributed by atoms with E-state index in [1.807, 2.05) is 42.5 Å². The number of hydrogen-bond donors (Lipinski definition) is 2. The van der Waals surface area contributed by atoms with Gasteiger partial charge in [-0.05, 0) is 41.0 Å². The minimum absolute atomic E-state index is 0.0710. The SMILES string of the molecule is O=C(N[C@@H](Cc1ccc(OCc2ccccc2)cc1)C(=O)O)c1cn2cc(-c3ccc(Cl)cc3)cnc2n1. The molecule has 1 amide bonds. The van der Waals surface area contributed by atoms with Crippen LogP contribution in [0.15, 0.2) is 97.5 Å². The molecule has 0 aliphatic heterocycles. The highest BCUT2D eigenvalue weighted by molar-refractivity contribution is 6.30. The number of aromatic nitrogens is 3. The average molecular weight is 527 g/mol. The molecule has 3 aromatic carbocycles. The Hall–Kier alpha value is -4.69. The molecule has 0 spiro atoms. The number of carboxylic acids is 1. The van der Waals surface area contributed by atoms with Crippen molar-refractivity contribution in [1.29, 1.82) is 0 Å². The molecule has 0 bridgehead atoms. The number of halogens is 1. The van der Waals surface area contributed by atoms with E-state index in [1.165, 1.54) is 6.20 Å². The second-order valence-electron chi connectivity index (χ2n) is 8.67. The molecule has 5 aromatic rings. The Morgan fingerprint density at radius 3 is 2.37 bits per heavy atom. The third kappa shape index (κ3) is 5.99. The van der Waals surface area contributed by atoms with Crippen LogP contribution in [-0.2, 0) is 17.8 Å². The molecule has 0 aliphatic rings. The molecule has 2 N–H and O–H groups in total. The highest BCUT2D eigenvalue weighted by atomic mass is 35.5. The number of imidazole rings is 1. The molecule has 9 heteroatoms. The monoisotopic (exact) mass is 526 g/mol. The predicted octanol–water partition coefficient (Wildman–Crippen LogP) is 5.05. The van der Waals surface area contributed by atoms with Crippen LogP contribution >= 0.6 is 11.6 Å². The van der Waals surface area contributed by atoms with Gasteiger partial charge in [-0.25, -0.2) is 14.8 Å². The van der Waals surface area contributed by atoms with Gasteiger partial charge in [0.1, 0.15) is 24.1 Å². The Morgan fingerprint density at radius 1 is 0.921 bits per heavy atom. The zero-order valence-electron chi connectivity index (χ0n) is 20.1. The zero-order chi connectivity index (χ0) is 26.5. The topological polar surface area (TPSA) is 106 Å². The normalized spacial score (nSPS) is 11.7. The fourth-order valence-corrected chi connectivity index (χ4v) is 4.04. The summed E-state index contributed by atoms with van der Waals surface area (Å²) in [5, 5.41) is 12.9. The number of carbonyl (C=O) groups excluding carboxylic acids is 1. The number of carboxylic acid groups (broad SMARTS) is 1. The van der Waals surface area contributed by atoms with Crippen molar-refractivity contribution in [2.45, 2.75) is 19.1 Å². The third-order valence-corrected chi connectivity index (χ3v) is 6.19. The molecule has 1 atom stereocenters. The maximum Gasteiger partial charge on any atom is 0.326 e. The second-order valence-corrected chi connectivity index (χ2v) is 9.11. The van der Waals surface area contributed by atoms with E-state index in [-0.39, 0.29) is 12.1 Å². The molecule has 2 heterocycles. The quantitative estimate of drug-likeness (QED) is 0.278. The van der Waals surface area contributed by atoms with Crippen molar-refractivity contribution >= 4 is 29.3 Å². The molecule has 8 nitrogen and oxygen atoms in total. The molecule has 2 aromatic heterocycles. The number of nitrogens with zero attached hydrogens (tertiary/aromatic N) is 3. The van der Waals surface area contributed by atoms with Crippen molar-refractivity contribution in [3.63, 3.8) is 0 Å². The Labute approximate surface area is 223 Å². The van der Waals surface area contributed by atoms with Gasteiger partial charge < -0.3 is 15.2 Å². The Kier molecular flexibility index (Phi) is 7.33. The lowest BCUT2D eigenvalue weighted by Crippen LogP contribution is -2.42. The summed E-state index contributed by atoms with van der Waals surface area (Å²) in [6, 6.07) is 23.1. The van der Waals surface area contributed by atoms with Crippen LogP contribution in [0.3, 0.4) is 0 Å². The summed E-state index contributed by atoms with van der Waals surface area (Å²) in [6.07, 6.45) is 5.08. The molecule has 0 radical (unpaired) electrons. The minimum Gasteiger partial charge on any atom is -0.489 e. The van der Waals surface area contributed by atoms with Crippen LogP contribution in [-0.4, -0.2) is 37.4 Å². The standard InChI is InChI=1S/C29H23ClN4O4/c30-23-10-8-21(9-11-23)22-15-31-29-33-26(17-34(29)16-22)27(35)32-25(28(36)37)14-19-6-12-24(13-7-19)38-18-20-4-2-1-3-5-20/h1-13,15-17,25H,14,18H2,(H,32,35)(H,36,37)/t25-/m0/s1. The van der Waals surface area contributed by atoms with Gasteiger partial charge in [0.15, 0.2) is 0 Å². The van der Waals surface area contributed by atoms with Crippen molar-refractivity contribution in [1.82, 2.24) is 19.7 Å². The summed E-state index contributed by atoms with van der Waals surface area (Å²) in [5.41, 5.74) is 3.59. The van der Waals surface area contributed by atoms with Gasteiger partial charge in [0.25, 0.3) is 5.91 Å². The van der Waals surface area contributed by atoms with E-state index in [4.69, 9.17) is 16.3 Å². The highest BCUT2D eigenvalue weighted by Crippen LogP contribution is 2.21. The lowest BCUT2D eigenvalue weighted by atomic mass is 10.1. The molecule has 0 fully saturated rings. The van der Waals surface area contributed by atoms with Crippen LogP contribution in [0, 0.1) is 0 Å². The lowest BCUT2D eigenvalue weighted by molar-refractivity contribution is -0.139. The Balaban J connectivity index is 1.24. The number of benzene rings is 3. The van der Waals surface area contributed by atoms with Gasteiger partial charge >= 0.3 is 5.97 Å². The van der Waals surface area contributed by atoms with Crippen molar-refractivity contribution in [2.75, 3.05) is 0 Å². The number of hydrogen-bond acceptors (Lipinski definition) is 5. The maximum atomic E-state index is 12.9. The Morgan fingerprint density at radius 2 is 1.66 bits per heavy atom. The first-order chi connectivity index (χ1) is 18.4. The fraction of sp³-hybridized carbons (Fsp3) is 0.103. The van der Waals surface area contributed by atoms with Gasteiger partial charge in [0.2, 0.25) is 5.78 Å². The van der Waals surface area contributed by atoms with E-state index < -0.39 is 17.9 Å². The number of nitrogens with one attached hydrogen (secondary N) is 1. The van der Waals surface area contributed by atoms with Crippen molar-refractivity contribution in [3.05, 3.63) is 119 Å². The summed E-state index contributed by atoms with van der Waals surface area (Å²) in [5.74, 6) is -0.747. The second kappa shape index (κ2) is 11.1. The van der Waals surface area contributed by atoms with Gasteiger partial charge in [-0.1, -0.05) is 66.2 Å². The van der Waals surface area contributed by atoms with E-state index in [9.17, 15) is 14.7 Å². The van der Waals surface area contributed by atoms with Crippen molar-refractivity contribution in [2.24, 2.45) is 0 Å². The van der Waals surface area contributed by atoms with Crippen LogP contribution in [0.4, 0.5) is 0 Å². The first-order valence-electron chi connectivity index (χ1n) is 11.8. The van der Waals surface area contributed by atoms with E-state index in [0.29, 0.717) is 23.2 Å². The van der Waals surface area contributed by atoms with E-state index in [0.717, 1.165) is 22.3 Å². The van der Waals surface area contributed by atoms with Crippen LogP contribution in [0.5, 0.6) is 5.75 Å². The van der Waals surface area contributed by atoms with Crippen LogP contribution < -0.4 is 10.1 Å². The molecule has 0 aliphatic carbocycles. The summed E-state index contributed by atoms with van der Waals surface area (Å²) < 4.78 is 7.41. The first kappa shape index (κ1) is 25.0. The third-order valence-electron chi connectivity index (χ3n) is 5.94. The first-order valence-corrected chi connectivity index (χ1v) is 12.2. The number of carbonyl (C=O) groups is 2. The van der Waals surface area contributed by atoms with E-state index >= 15 is 0 Å². The molecular formula is C29H23ClN4O4. The zero-order valence-corrected chi connectivity index (χ0v) is 20.9. The van der Waals surface area contributed by atoms with E-state index in [1.54, 1.807) is 53.2 Å². The van der Waals surface area contributed by atoms with Crippen LogP contribution in [0.2, 0.25) is 5.02 Å². The average Bonchev–Trinajstić information content (AvgIpc) is 3.37. The summed E-state index contributed by atoms with van der Waals surface area (Å²) in [4.78, 5) is 33.3. The smallest absolute Gasteiger partial charge is 0.326 e. The van der Waals surface area contributed by atoms with E-state index in [2.05, 4.69) is 15.3 Å². The van der Waals surface area contributed by atoms with Crippen molar-refractivity contribution in [3.8, 4) is 16.9 Å². The summed E-state index contributed by atoms with van der Waals surface area (Å²) >= 11 is 5.97. The molecule has 0 unspecified atom stereocenters. The number of aliphatic carboxylic acids is 1. The largest absolute Gasteiger partial charge is 0.489 e. The summed E-state index contributed by atoms with van der Waals surface area (Å²) in [6.45, 7) is 0.434. The molecule has 190 valence electrons. The van der Waals surface area contributed by atoms with Gasteiger partial charge in [-0.15, -0.1) is 0 Å². The fourth-order valence-electron chi connectivity index (χ4n) is 3.92. The number of ether oxygens (including phenoxy) is 1. The predicted molar refractivity (Wildman–Crippen MR) is 143 cm³/mol. The number of rotatable bonds is 9. The molecule has 0 saturated carbocycles. The molecule has 38 heavy (non-hydrogen) atoms. The van der Waals surface area contributed by atoms with Crippen molar-refractivity contribution < 1.29 is 19.4 Å². The van der Waals surface area contributed by atoms with Gasteiger partial charge in [0, 0.05) is 35.6 Å². The van der Waals surface area contributed by atoms with Gasteiger partial charge in [-0.2, -0.15) is 0 Å².